The van der Waals surface area contributed by atoms with Gasteiger partial charge in [0.15, 0.2) is 0 Å². The van der Waals surface area contributed by atoms with Crippen LogP contribution in [-0.2, 0) is 4.74 Å². The van der Waals surface area contributed by atoms with Crippen LogP contribution in [-0.4, -0.2) is 24.2 Å². The van der Waals surface area contributed by atoms with Gasteiger partial charge in [-0.25, -0.2) is 0 Å². The smallest absolute Gasteiger partial charge is 0.0518 e. The average molecular weight is 387 g/mol. The van der Waals surface area contributed by atoms with Gasteiger partial charge in [0.05, 0.1) is 6.10 Å². The highest BCUT2D eigenvalue weighted by Gasteiger charge is 1.96. The molecule has 26 heavy (non-hydrogen) atoms. The fraction of sp³-hybridized carbons (Fsp3) is 1.00. The number of ether oxygens (including phenoxy) is 1. The predicted octanol–water partition coefficient (Wildman–Crippen LogP) is 8.80. The zero-order chi connectivity index (χ0) is 19.1. The number of rotatable bonds is 22. The molecular formula is C24H50OS. The first kappa shape index (κ1) is 26.3. The average Bonchev–Trinajstić information content (AvgIpc) is 2.62. The molecule has 0 rings (SSSR count). The molecule has 0 aromatic rings. The Labute approximate surface area is 170 Å². The topological polar surface area (TPSA) is 9.23 Å². The zero-order valence-electron chi connectivity index (χ0n) is 18.5. The van der Waals surface area contributed by atoms with Gasteiger partial charge >= 0.3 is 0 Å². The van der Waals surface area contributed by atoms with Gasteiger partial charge in [-0.05, 0) is 38.2 Å². The molecular weight excluding hydrogens is 336 g/mol. The first-order valence-electron chi connectivity index (χ1n) is 12.0. The third kappa shape index (κ3) is 24.3. The number of hydrogen-bond donors (Lipinski definition) is 0. The summed E-state index contributed by atoms with van der Waals surface area (Å²) in [7, 11) is 0. The van der Waals surface area contributed by atoms with E-state index in [1.165, 1.54) is 121 Å². The zero-order valence-corrected chi connectivity index (χ0v) is 19.4. The van der Waals surface area contributed by atoms with Gasteiger partial charge in [-0.15, -0.1) is 0 Å². The monoisotopic (exact) mass is 386 g/mol. The summed E-state index contributed by atoms with van der Waals surface area (Å²) in [6, 6.07) is 0. The lowest BCUT2D eigenvalue weighted by molar-refractivity contribution is 0.0800. The lowest BCUT2D eigenvalue weighted by atomic mass is 10.0. The quantitative estimate of drug-likeness (QED) is 0.172. The molecule has 0 heterocycles. The van der Waals surface area contributed by atoms with Gasteiger partial charge in [0.1, 0.15) is 0 Å². The van der Waals surface area contributed by atoms with Crippen molar-refractivity contribution in [2.45, 2.75) is 136 Å². The van der Waals surface area contributed by atoms with Gasteiger partial charge in [-0.2, -0.15) is 11.8 Å². The maximum absolute atomic E-state index is 5.57. The highest BCUT2D eigenvalue weighted by Crippen LogP contribution is 2.14. The van der Waals surface area contributed by atoms with Gasteiger partial charge in [0.25, 0.3) is 0 Å². The summed E-state index contributed by atoms with van der Waals surface area (Å²) in [6.07, 6.45) is 24.9. The van der Waals surface area contributed by atoms with Crippen molar-refractivity contribution in [3.63, 3.8) is 0 Å². The lowest BCUT2D eigenvalue weighted by Crippen LogP contribution is -2.04. The molecule has 0 unspecified atom stereocenters. The lowest BCUT2D eigenvalue weighted by Gasteiger charge is -2.07. The van der Waals surface area contributed by atoms with Crippen molar-refractivity contribution >= 4 is 11.8 Å². The summed E-state index contributed by atoms with van der Waals surface area (Å²) >= 11 is 2.11. The van der Waals surface area contributed by atoms with Crippen molar-refractivity contribution in [1.82, 2.24) is 0 Å². The molecule has 1 nitrogen and oxygen atoms in total. The Balaban J connectivity index is 2.97. The standard InChI is InChI=1S/C24H50OS/c1-4-5-6-7-8-9-10-11-12-13-14-15-16-17-18-19-22-26-23-20-21-25-24(2)3/h24H,4-23H2,1-3H3. The summed E-state index contributed by atoms with van der Waals surface area (Å²) in [4.78, 5) is 0. The summed E-state index contributed by atoms with van der Waals surface area (Å²) < 4.78 is 5.57. The van der Waals surface area contributed by atoms with E-state index in [0.29, 0.717) is 6.10 Å². The van der Waals surface area contributed by atoms with E-state index in [2.05, 4.69) is 32.5 Å². The summed E-state index contributed by atoms with van der Waals surface area (Å²) in [5, 5.41) is 0. The van der Waals surface area contributed by atoms with Crippen LogP contribution >= 0.6 is 11.8 Å². The molecule has 0 N–H and O–H groups in total. The van der Waals surface area contributed by atoms with Crippen LogP contribution in [0.25, 0.3) is 0 Å². The number of thioether (sulfide) groups is 1. The van der Waals surface area contributed by atoms with Crippen molar-refractivity contribution < 1.29 is 4.74 Å². The van der Waals surface area contributed by atoms with Gasteiger partial charge in [0.2, 0.25) is 0 Å². The summed E-state index contributed by atoms with van der Waals surface area (Å²) in [5.74, 6) is 2.62. The van der Waals surface area contributed by atoms with Gasteiger partial charge in [-0.3, -0.25) is 0 Å². The van der Waals surface area contributed by atoms with E-state index in [1.54, 1.807) is 0 Å². The molecule has 0 radical (unpaired) electrons. The molecule has 158 valence electrons. The van der Waals surface area contributed by atoms with Crippen molar-refractivity contribution in [1.29, 1.82) is 0 Å². The molecule has 0 aromatic carbocycles. The fourth-order valence-electron chi connectivity index (χ4n) is 3.33. The van der Waals surface area contributed by atoms with E-state index >= 15 is 0 Å². The van der Waals surface area contributed by atoms with Crippen LogP contribution in [0.5, 0.6) is 0 Å². The fourth-order valence-corrected chi connectivity index (χ4v) is 4.27. The summed E-state index contributed by atoms with van der Waals surface area (Å²) in [6.45, 7) is 7.46. The molecule has 0 amide bonds. The second-order valence-electron chi connectivity index (χ2n) is 8.19. The Kier molecular flexibility index (Phi) is 23.6. The molecule has 0 saturated carbocycles. The third-order valence-electron chi connectivity index (χ3n) is 5.03. The van der Waals surface area contributed by atoms with Crippen LogP contribution in [0, 0.1) is 0 Å². The van der Waals surface area contributed by atoms with Crippen molar-refractivity contribution in [3.8, 4) is 0 Å². The molecule has 0 saturated heterocycles. The van der Waals surface area contributed by atoms with E-state index in [-0.39, 0.29) is 0 Å². The molecule has 0 aromatic heterocycles. The van der Waals surface area contributed by atoms with E-state index in [4.69, 9.17) is 4.74 Å². The van der Waals surface area contributed by atoms with Crippen LogP contribution in [0.3, 0.4) is 0 Å². The van der Waals surface area contributed by atoms with Gasteiger partial charge in [0, 0.05) is 6.61 Å². The Morgan fingerprint density at radius 1 is 0.538 bits per heavy atom. The Morgan fingerprint density at radius 3 is 1.35 bits per heavy atom. The maximum Gasteiger partial charge on any atom is 0.0518 e. The molecule has 0 aliphatic carbocycles. The van der Waals surface area contributed by atoms with E-state index in [1.807, 2.05) is 0 Å². The minimum Gasteiger partial charge on any atom is -0.379 e. The SMILES string of the molecule is CCCCCCCCCCCCCCCCCCSCCCOC(C)C. The number of hydrogen-bond acceptors (Lipinski definition) is 2. The Morgan fingerprint density at radius 2 is 0.923 bits per heavy atom. The van der Waals surface area contributed by atoms with Crippen molar-refractivity contribution in [2.24, 2.45) is 0 Å². The largest absolute Gasteiger partial charge is 0.379 e. The normalized spacial score (nSPS) is 11.5. The minimum absolute atomic E-state index is 0.389. The van der Waals surface area contributed by atoms with Gasteiger partial charge in [-0.1, -0.05) is 103 Å². The summed E-state index contributed by atoms with van der Waals surface area (Å²) in [5.41, 5.74) is 0. The minimum atomic E-state index is 0.389. The second kappa shape index (κ2) is 23.3. The molecule has 0 aliphatic heterocycles. The highest BCUT2D eigenvalue weighted by atomic mass is 32.2. The van der Waals surface area contributed by atoms with E-state index < -0.39 is 0 Å². The molecule has 0 atom stereocenters. The van der Waals surface area contributed by atoms with Crippen molar-refractivity contribution in [2.75, 3.05) is 18.1 Å². The first-order valence-corrected chi connectivity index (χ1v) is 13.1. The molecule has 2 heteroatoms. The Hall–Kier alpha value is 0.310. The maximum atomic E-state index is 5.57. The van der Waals surface area contributed by atoms with Gasteiger partial charge < -0.3 is 4.74 Å². The van der Waals surface area contributed by atoms with E-state index in [9.17, 15) is 0 Å². The van der Waals surface area contributed by atoms with Crippen LogP contribution < -0.4 is 0 Å². The van der Waals surface area contributed by atoms with E-state index in [0.717, 1.165) is 6.61 Å². The van der Waals surface area contributed by atoms with Crippen LogP contribution in [0.4, 0.5) is 0 Å². The second-order valence-corrected chi connectivity index (χ2v) is 9.41. The van der Waals surface area contributed by atoms with Crippen LogP contribution in [0.2, 0.25) is 0 Å². The van der Waals surface area contributed by atoms with Crippen molar-refractivity contribution in [3.05, 3.63) is 0 Å². The molecule has 0 spiro atoms. The Bertz CT molecular complexity index is 242. The molecule has 0 bridgehead atoms. The third-order valence-corrected chi connectivity index (χ3v) is 6.18. The van der Waals surface area contributed by atoms with Crippen LogP contribution in [0.1, 0.15) is 130 Å². The van der Waals surface area contributed by atoms with Crippen LogP contribution in [0.15, 0.2) is 0 Å². The number of unbranched alkanes of at least 4 members (excludes halogenated alkanes) is 15. The first-order chi connectivity index (χ1) is 12.8. The molecule has 0 aliphatic rings. The predicted molar refractivity (Wildman–Crippen MR) is 123 cm³/mol. The molecule has 0 fully saturated rings. The highest BCUT2D eigenvalue weighted by molar-refractivity contribution is 7.99.